The van der Waals surface area contributed by atoms with Crippen molar-refractivity contribution in [2.75, 3.05) is 19.0 Å². The van der Waals surface area contributed by atoms with E-state index in [1.165, 1.54) is 62.6 Å². The lowest BCUT2D eigenvalue weighted by Crippen LogP contribution is -2.36. The first kappa shape index (κ1) is 14.9. The third kappa shape index (κ3) is 3.60. The molecule has 0 aromatic heterocycles. The summed E-state index contributed by atoms with van der Waals surface area (Å²) in [5, 5.41) is 3.78. The third-order valence-electron chi connectivity index (χ3n) is 5.76. The summed E-state index contributed by atoms with van der Waals surface area (Å²) in [5.41, 5.74) is 3.44. The molecule has 3 rings (SSSR count). The van der Waals surface area contributed by atoms with Crippen LogP contribution < -0.4 is 10.2 Å². The molecule has 2 aliphatic carbocycles. The van der Waals surface area contributed by atoms with E-state index < -0.39 is 0 Å². The van der Waals surface area contributed by atoms with Gasteiger partial charge in [0.2, 0.25) is 0 Å². The van der Waals surface area contributed by atoms with Gasteiger partial charge in [0.1, 0.15) is 0 Å². The molecule has 0 radical (unpaired) electrons. The Labute approximate surface area is 129 Å². The van der Waals surface area contributed by atoms with E-state index >= 15 is 0 Å². The van der Waals surface area contributed by atoms with Crippen LogP contribution in [0.2, 0.25) is 0 Å². The van der Waals surface area contributed by atoms with Gasteiger partial charge in [-0.15, -0.1) is 0 Å². The fraction of sp³-hybridized carbons (Fsp3) is 0.684. The zero-order valence-electron chi connectivity index (χ0n) is 13.7. The van der Waals surface area contributed by atoms with Crippen molar-refractivity contribution in [3.8, 4) is 0 Å². The molecule has 1 aromatic rings. The van der Waals surface area contributed by atoms with Gasteiger partial charge < -0.3 is 10.2 Å². The van der Waals surface area contributed by atoms with Crippen molar-refractivity contribution in [2.45, 2.75) is 64.0 Å². The van der Waals surface area contributed by atoms with Gasteiger partial charge in [-0.05, 0) is 61.6 Å². The van der Waals surface area contributed by atoms with Crippen LogP contribution in [0.15, 0.2) is 24.3 Å². The Morgan fingerprint density at radius 1 is 1.00 bits per heavy atom. The van der Waals surface area contributed by atoms with Crippen molar-refractivity contribution in [2.24, 2.45) is 5.41 Å². The Kier molecular flexibility index (Phi) is 4.54. The summed E-state index contributed by atoms with van der Waals surface area (Å²) >= 11 is 0. The minimum Gasteiger partial charge on any atom is -0.378 e. The van der Waals surface area contributed by atoms with E-state index in [2.05, 4.69) is 48.6 Å². The van der Waals surface area contributed by atoms with E-state index in [1.807, 2.05) is 0 Å². The lowest BCUT2D eigenvalue weighted by atomic mass is 9.71. The molecule has 1 spiro atoms. The van der Waals surface area contributed by atoms with Crippen molar-refractivity contribution in [1.29, 1.82) is 0 Å². The molecular formula is C19H30N2. The Bertz CT molecular complexity index is 433. The van der Waals surface area contributed by atoms with Gasteiger partial charge in [0.25, 0.3) is 0 Å². The molecule has 2 fully saturated rings. The monoisotopic (exact) mass is 286 g/mol. The predicted octanol–water partition coefficient (Wildman–Crippen LogP) is 4.35. The van der Waals surface area contributed by atoms with E-state index in [0.717, 1.165) is 18.0 Å². The molecule has 21 heavy (non-hydrogen) atoms. The lowest BCUT2D eigenvalue weighted by Gasteiger charge is -2.37. The summed E-state index contributed by atoms with van der Waals surface area (Å²) in [6, 6.07) is 9.68. The molecule has 2 nitrogen and oxygen atoms in total. The van der Waals surface area contributed by atoms with Crippen LogP contribution in [0.4, 0.5) is 5.69 Å². The van der Waals surface area contributed by atoms with Crippen LogP contribution in [0.25, 0.3) is 0 Å². The minimum atomic E-state index is 0.741. The van der Waals surface area contributed by atoms with Crippen LogP contribution in [0, 0.1) is 5.41 Å². The molecule has 1 N–H and O–H groups in total. The summed E-state index contributed by atoms with van der Waals surface area (Å²) in [5.74, 6) is 0. The van der Waals surface area contributed by atoms with Gasteiger partial charge in [-0.2, -0.15) is 0 Å². The first-order valence-electron chi connectivity index (χ1n) is 8.67. The first-order chi connectivity index (χ1) is 10.2. The second kappa shape index (κ2) is 6.39. The molecule has 2 saturated carbocycles. The second-order valence-electron chi connectivity index (χ2n) is 7.42. The fourth-order valence-electron chi connectivity index (χ4n) is 4.23. The average Bonchev–Trinajstić information content (AvgIpc) is 2.95. The Morgan fingerprint density at radius 2 is 1.62 bits per heavy atom. The normalized spacial score (nSPS) is 21.8. The Balaban J connectivity index is 1.45. The van der Waals surface area contributed by atoms with Gasteiger partial charge in [0.15, 0.2) is 0 Å². The molecule has 0 aliphatic heterocycles. The maximum absolute atomic E-state index is 3.78. The van der Waals surface area contributed by atoms with Crippen molar-refractivity contribution < 1.29 is 0 Å². The zero-order valence-corrected chi connectivity index (χ0v) is 13.7. The number of hydrogen-bond donors (Lipinski definition) is 1. The number of benzene rings is 1. The third-order valence-corrected chi connectivity index (χ3v) is 5.76. The van der Waals surface area contributed by atoms with Crippen LogP contribution in [0.3, 0.4) is 0 Å². The largest absolute Gasteiger partial charge is 0.378 e. The molecule has 2 aliphatic rings. The van der Waals surface area contributed by atoms with Crippen LogP contribution in [0.5, 0.6) is 0 Å². The maximum Gasteiger partial charge on any atom is 0.0361 e. The number of anilines is 1. The lowest BCUT2D eigenvalue weighted by molar-refractivity contribution is 0.168. The highest BCUT2D eigenvalue weighted by molar-refractivity contribution is 5.45. The van der Waals surface area contributed by atoms with E-state index in [-0.39, 0.29) is 0 Å². The number of rotatable bonds is 4. The van der Waals surface area contributed by atoms with E-state index in [9.17, 15) is 0 Å². The van der Waals surface area contributed by atoms with Crippen molar-refractivity contribution in [1.82, 2.24) is 5.32 Å². The van der Waals surface area contributed by atoms with E-state index in [4.69, 9.17) is 0 Å². The molecule has 0 bridgehead atoms. The van der Waals surface area contributed by atoms with Crippen molar-refractivity contribution in [3.63, 3.8) is 0 Å². The highest BCUT2D eigenvalue weighted by Gasteiger charge is 2.37. The van der Waals surface area contributed by atoms with Crippen LogP contribution in [0.1, 0.15) is 56.9 Å². The van der Waals surface area contributed by atoms with Crippen molar-refractivity contribution >= 4 is 5.69 Å². The molecule has 0 heterocycles. The van der Waals surface area contributed by atoms with E-state index in [1.54, 1.807) is 0 Å². The average molecular weight is 286 g/mol. The van der Waals surface area contributed by atoms with Crippen LogP contribution in [-0.2, 0) is 6.54 Å². The SMILES string of the molecule is CN(C)c1ccc(CNC2CCC3(CCCC3)CC2)cc1. The quantitative estimate of drug-likeness (QED) is 0.885. The topological polar surface area (TPSA) is 15.3 Å². The molecule has 2 heteroatoms. The van der Waals surface area contributed by atoms with Gasteiger partial charge in [-0.1, -0.05) is 25.0 Å². The van der Waals surface area contributed by atoms with Gasteiger partial charge >= 0.3 is 0 Å². The minimum absolute atomic E-state index is 0.741. The molecule has 116 valence electrons. The van der Waals surface area contributed by atoms with Crippen LogP contribution >= 0.6 is 0 Å². The zero-order chi connectivity index (χ0) is 14.7. The van der Waals surface area contributed by atoms with Gasteiger partial charge in [0.05, 0.1) is 0 Å². The summed E-state index contributed by atoms with van der Waals surface area (Å²) in [6.07, 6.45) is 11.7. The van der Waals surface area contributed by atoms with Crippen LogP contribution in [-0.4, -0.2) is 20.1 Å². The predicted molar refractivity (Wildman–Crippen MR) is 90.8 cm³/mol. The Morgan fingerprint density at radius 3 is 2.19 bits per heavy atom. The van der Waals surface area contributed by atoms with Crippen molar-refractivity contribution in [3.05, 3.63) is 29.8 Å². The molecule has 0 saturated heterocycles. The number of nitrogens with one attached hydrogen (secondary N) is 1. The van der Waals surface area contributed by atoms with Gasteiger partial charge in [0, 0.05) is 32.4 Å². The van der Waals surface area contributed by atoms with Gasteiger partial charge in [-0.3, -0.25) is 0 Å². The van der Waals surface area contributed by atoms with Gasteiger partial charge in [-0.25, -0.2) is 0 Å². The molecular weight excluding hydrogens is 256 g/mol. The highest BCUT2D eigenvalue weighted by atomic mass is 15.1. The molecule has 0 atom stereocenters. The fourth-order valence-corrected chi connectivity index (χ4v) is 4.23. The smallest absolute Gasteiger partial charge is 0.0361 e. The highest BCUT2D eigenvalue weighted by Crippen LogP contribution is 2.48. The summed E-state index contributed by atoms with van der Waals surface area (Å²) in [4.78, 5) is 2.15. The number of nitrogens with zero attached hydrogens (tertiary/aromatic N) is 1. The molecule has 1 aromatic carbocycles. The summed E-state index contributed by atoms with van der Waals surface area (Å²) in [7, 11) is 4.18. The summed E-state index contributed by atoms with van der Waals surface area (Å²) < 4.78 is 0. The first-order valence-corrected chi connectivity index (χ1v) is 8.67. The molecule has 0 unspecified atom stereocenters. The number of hydrogen-bond acceptors (Lipinski definition) is 2. The molecule has 0 amide bonds. The second-order valence-corrected chi connectivity index (χ2v) is 7.42. The summed E-state index contributed by atoms with van der Waals surface area (Å²) in [6.45, 7) is 1.02. The standard InChI is InChI=1S/C19H30N2/c1-21(2)18-7-5-16(6-8-18)15-20-17-9-13-19(14-10-17)11-3-4-12-19/h5-8,17,20H,3-4,9-15H2,1-2H3. The maximum atomic E-state index is 3.78. The Hall–Kier alpha value is -1.02. The van der Waals surface area contributed by atoms with E-state index in [0.29, 0.717) is 0 Å².